The van der Waals surface area contributed by atoms with Gasteiger partial charge in [0.1, 0.15) is 11.5 Å². The fraction of sp³-hybridized carbons (Fsp3) is 0.533. The summed E-state index contributed by atoms with van der Waals surface area (Å²) in [4.78, 5) is 28.2. The van der Waals surface area contributed by atoms with Crippen molar-refractivity contribution in [2.45, 2.75) is 51.0 Å². The van der Waals surface area contributed by atoms with E-state index in [0.717, 1.165) is 25.9 Å². The lowest BCUT2D eigenvalue weighted by Crippen LogP contribution is -2.44. The average molecular weight is 604 g/mol. The van der Waals surface area contributed by atoms with Crippen LogP contribution in [0.5, 0.6) is 11.5 Å². The first-order valence-corrected chi connectivity index (χ1v) is 14.3. The lowest BCUT2D eigenvalue weighted by atomic mass is 9.89. The van der Waals surface area contributed by atoms with Gasteiger partial charge in [0, 0.05) is 48.4 Å². The van der Waals surface area contributed by atoms with E-state index in [1.807, 2.05) is 0 Å². The number of aromatic hydroxyl groups is 2. The highest BCUT2D eigenvalue weighted by Gasteiger charge is 2.40. The summed E-state index contributed by atoms with van der Waals surface area (Å²) in [7, 11) is 0. The smallest absolute Gasteiger partial charge is 0.256 e. The lowest BCUT2D eigenvalue weighted by molar-refractivity contribution is -0.142. The third kappa shape index (κ3) is 7.81. The third-order valence-electron chi connectivity index (χ3n) is 8.01. The minimum atomic E-state index is -2.43. The monoisotopic (exact) mass is 603 g/mol. The van der Waals surface area contributed by atoms with Crippen LogP contribution in [-0.4, -0.2) is 105 Å². The Balaban J connectivity index is 1.89. The Morgan fingerprint density at radius 1 is 0.744 bits per heavy atom. The van der Waals surface area contributed by atoms with E-state index in [4.69, 9.17) is 11.5 Å². The number of benzene rings is 2. The maximum atomic E-state index is 12.0. The molecule has 1 saturated heterocycles. The van der Waals surface area contributed by atoms with Gasteiger partial charge in [0.05, 0.1) is 13.2 Å². The van der Waals surface area contributed by atoms with Gasteiger partial charge in [-0.05, 0) is 65.0 Å². The summed E-state index contributed by atoms with van der Waals surface area (Å²) in [5.74, 6) is -2.97. The molecule has 0 saturated carbocycles. The molecule has 0 aromatic heterocycles. The van der Waals surface area contributed by atoms with Crippen LogP contribution in [0.2, 0.25) is 0 Å². The van der Waals surface area contributed by atoms with E-state index in [0.29, 0.717) is 48.4 Å². The number of primary amides is 2. The zero-order valence-electron chi connectivity index (χ0n) is 24.8. The summed E-state index contributed by atoms with van der Waals surface area (Å²) in [5.41, 5.74) is 7.82. The Bertz CT molecular complexity index is 1210. The van der Waals surface area contributed by atoms with Crippen molar-refractivity contribution < 1.29 is 40.2 Å². The predicted octanol–water partition coefficient (Wildman–Crippen LogP) is -1.27. The number of carbonyl (C=O) groups is 2. The summed E-state index contributed by atoms with van der Waals surface area (Å²) in [6, 6.07) is 6.37. The molecule has 2 aromatic rings. The second kappa shape index (κ2) is 14.4. The van der Waals surface area contributed by atoms with E-state index in [2.05, 4.69) is 15.1 Å². The van der Waals surface area contributed by atoms with Crippen LogP contribution in [0, 0.1) is 13.8 Å². The van der Waals surface area contributed by atoms with Crippen LogP contribution in [0.4, 0.5) is 0 Å². The molecule has 0 radical (unpaired) electrons. The number of nitrogens with two attached hydrogens (primary N) is 2. The molecule has 0 spiro atoms. The van der Waals surface area contributed by atoms with Gasteiger partial charge in [0.15, 0.2) is 11.2 Å². The fourth-order valence-corrected chi connectivity index (χ4v) is 5.46. The van der Waals surface area contributed by atoms with Crippen LogP contribution in [0.3, 0.4) is 0 Å². The second-order valence-corrected chi connectivity index (χ2v) is 11.4. The Morgan fingerprint density at radius 2 is 1.12 bits per heavy atom. The lowest BCUT2D eigenvalue weighted by Gasteiger charge is -2.30. The summed E-state index contributed by atoms with van der Waals surface area (Å²) < 4.78 is 0. The molecule has 11 N–H and O–H groups in total. The highest BCUT2D eigenvalue weighted by atomic mass is 16.4. The molecule has 238 valence electrons. The number of hydrogen-bond acceptors (Lipinski definition) is 11. The number of hydrogen-bond donors (Lipinski definition) is 9. The Hall–Kier alpha value is -3.30. The molecule has 0 aliphatic carbocycles. The van der Waals surface area contributed by atoms with E-state index in [-0.39, 0.29) is 35.7 Å². The number of nitrogens with one attached hydrogen (secondary N) is 1. The van der Waals surface area contributed by atoms with Crippen molar-refractivity contribution >= 4 is 11.8 Å². The number of amides is 2. The number of aliphatic hydroxyl groups excluding tert-OH is 2. The average Bonchev–Trinajstić information content (AvgIpc) is 3.01. The minimum Gasteiger partial charge on any atom is -0.507 e. The van der Waals surface area contributed by atoms with Crippen molar-refractivity contribution in [3.8, 4) is 11.5 Å². The summed E-state index contributed by atoms with van der Waals surface area (Å²) in [5, 5.41) is 66.4. The number of phenols is 2. The van der Waals surface area contributed by atoms with Crippen LogP contribution < -0.4 is 16.8 Å². The standard InChI is InChI=1S/C30H45N5O8/c1-19-11-21(25(38)23(13-19)29(42,17-36)27(31)40)15-34-7-3-5-33-6-4-8-35(10-9-34)16-22-12-20(2)14-24(26(22)39)30(43,18-37)28(32)41/h11-14,33,36-39,42-43H,3-10,15-18H2,1-2H3,(H2,31,40)(H2,32,41). The maximum absolute atomic E-state index is 12.0. The molecule has 1 aliphatic rings. The first-order valence-electron chi connectivity index (χ1n) is 14.3. The normalized spacial score (nSPS) is 18.7. The van der Waals surface area contributed by atoms with Gasteiger partial charge in [0.25, 0.3) is 11.8 Å². The summed E-state index contributed by atoms with van der Waals surface area (Å²) >= 11 is 0. The van der Waals surface area contributed by atoms with Crippen LogP contribution in [0.25, 0.3) is 0 Å². The van der Waals surface area contributed by atoms with Crippen LogP contribution in [-0.2, 0) is 33.9 Å². The van der Waals surface area contributed by atoms with Gasteiger partial charge < -0.3 is 47.4 Å². The number of aliphatic hydroxyl groups is 4. The summed E-state index contributed by atoms with van der Waals surface area (Å²) in [6.45, 7) is 6.14. The molecular formula is C30H45N5O8. The van der Waals surface area contributed by atoms with Gasteiger partial charge in [-0.1, -0.05) is 23.3 Å². The SMILES string of the molecule is Cc1cc(CN2CCCNCCCN(Cc3cc(C)cc(C(O)(CO)C(N)=O)c3O)CC2)c(O)c(C(O)(CO)C(N)=O)c1. The molecule has 2 aromatic carbocycles. The predicted molar refractivity (Wildman–Crippen MR) is 159 cm³/mol. The molecule has 13 nitrogen and oxygen atoms in total. The van der Waals surface area contributed by atoms with Gasteiger partial charge >= 0.3 is 0 Å². The number of carbonyl (C=O) groups excluding carboxylic acids is 2. The Kier molecular flexibility index (Phi) is 11.5. The molecule has 2 unspecified atom stereocenters. The molecular weight excluding hydrogens is 558 g/mol. The molecule has 13 heteroatoms. The molecule has 1 aliphatic heterocycles. The van der Waals surface area contributed by atoms with E-state index in [9.17, 15) is 40.2 Å². The van der Waals surface area contributed by atoms with E-state index in [1.165, 1.54) is 12.1 Å². The maximum Gasteiger partial charge on any atom is 0.256 e. The van der Waals surface area contributed by atoms with E-state index < -0.39 is 36.2 Å². The molecule has 1 fully saturated rings. The zero-order chi connectivity index (χ0) is 31.9. The minimum absolute atomic E-state index is 0.150. The van der Waals surface area contributed by atoms with E-state index >= 15 is 0 Å². The first-order chi connectivity index (χ1) is 20.3. The molecule has 0 bridgehead atoms. The first kappa shape index (κ1) is 34.2. The fourth-order valence-electron chi connectivity index (χ4n) is 5.46. The molecule has 1 heterocycles. The van der Waals surface area contributed by atoms with E-state index in [1.54, 1.807) is 26.0 Å². The number of nitrogens with zero attached hydrogens (tertiary/aromatic N) is 2. The largest absolute Gasteiger partial charge is 0.507 e. The number of rotatable bonds is 10. The van der Waals surface area contributed by atoms with Crippen LogP contribution in [0.15, 0.2) is 24.3 Å². The molecule has 2 amide bonds. The number of aryl methyl sites for hydroxylation is 2. The van der Waals surface area contributed by atoms with Crippen LogP contribution in [0.1, 0.15) is 46.2 Å². The molecule has 3 rings (SSSR count). The Morgan fingerprint density at radius 3 is 1.44 bits per heavy atom. The van der Waals surface area contributed by atoms with Gasteiger partial charge in [0.2, 0.25) is 0 Å². The summed E-state index contributed by atoms with van der Waals surface area (Å²) in [6.07, 6.45) is 1.66. The van der Waals surface area contributed by atoms with Crippen molar-refractivity contribution in [1.82, 2.24) is 15.1 Å². The zero-order valence-corrected chi connectivity index (χ0v) is 24.8. The second-order valence-electron chi connectivity index (χ2n) is 11.4. The Labute approximate surface area is 251 Å². The van der Waals surface area contributed by atoms with Gasteiger partial charge in [-0.2, -0.15) is 0 Å². The van der Waals surface area contributed by atoms with Crippen molar-refractivity contribution in [1.29, 1.82) is 0 Å². The highest BCUT2D eigenvalue weighted by molar-refractivity contribution is 5.86. The third-order valence-corrected chi connectivity index (χ3v) is 8.01. The molecule has 43 heavy (non-hydrogen) atoms. The molecule has 2 atom stereocenters. The van der Waals surface area contributed by atoms with Crippen molar-refractivity contribution in [2.75, 3.05) is 52.5 Å². The van der Waals surface area contributed by atoms with Gasteiger partial charge in [-0.15, -0.1) is 0 Å². The van der Waals surface area contributed by atoms with Crippen molar-refractivity contribution in [2.24, 2.45) is 11.5 Å². The number of phenolic OH excluding ortho intramolecular Hbond substituents is 2. The van der Waals surface area contributed by atoms with Gasteiger partial charge in [-0.3, -0.25) is 19.4 Å². The van der Waals surface area contributed by atoms with Crippen molar-refractivity contribution in [3.05, 3.63) is 57.6 Å². The quantitative estimate of drug-likeness (QED) is 0.156. The highest BCUT2D eigenvalue weighted by Crippen LogP contribution is 2.35. The topological polar surface area (TPSA) is 226 Å². The van der Waals surface area contributed by atoms with Gasteiger partial charge in [-0.25, -0.2) is 0 Å². The van der Waals surface area contributed by atoms with Crippen molar-refractivity contribution in [3.63, 3.8) is 0 Å². The van der Waals surface area contributed by atoms with Crippen LogP contribution >= 0.6 is 0 Å².